The van der Waals surface area contributed by atoms with Gasteiger partial charge in [0.05, 0.1) is 7.11 Å². The van der Waals surface area contributed by atoms with E-state index in [1.807, 2.05) is 0 Å². The SMILES string of the molecule is COc1ccc(C(N)C2CCC(=O)CC2)cc1F. The lowest BCUT2D eigenvalue weighted by atomic mass is 9.81. The fourth-order valence-corrected chi connectivity index (χ4v) is 2.48. The van der Waals surface area contributed by atoms with Gasteiger partial charge in [0.2, 0.25) is 0 Å². The molecule has 0 heterocycles. The normalized spacial score (nSPS) is 18.7. The molecule has 0 radical (unpaired) electrons. The summed E-state index contributed by atoms with van der Waals surface area (Å²) in [6, 6.07) is 4.61. The van der Waals surface area contributed by atoms with Gasteiger partial charge in [-0.05, 0) is 36.5 Å². The molecular formula is C14H18FNO2. The number of rotatable bonds is 3. The Bertz CT molecular complexity index is 437. The van der Waals surface area contributed by atoms with E-state index < -0.39 is 5.82 Å². The number of Topliss-reactive ketones (excluding diaryl/α,β-unsaturated/α-hetero) is 1. The highest BCUT2D eigenvalue weighted by Gasteiger charge is 2.25. The van der Waals surface area contributed by atoms with E-state index in [0.717, 1.165) is 18.4 Å². The van der Waals surface area contributed by atoms with Crippen LogP contribution in [-0.4, -0.2) is 12.9 Å². The average molecular weight is 251 g/mol. The molecule has 1 atom stereocenters. The number of methoxy groups -OCH3 is 1. The molecule has 1 aromatic rings. The minimum atomic E-state index is -0.391. The average Bonchev–Trinajstić information content (AvgIpc) is 2.38. The molecule has 2 N–H and O–H groups in total. The maximum absolute atomic E-state index is 13.6. The van der Waals surface area contributed by atoms with Gasteiger partial charge >= 0.3 is 0 Å². The zero-order valence-corrected chi connectivity index (χ0v) is 10.5. The lowest BCUT2D eigenvalue weighted by molar-refractivity contribution is -0.121. The second kappa shape index (κ2) is 5.48. The number of hydrogen-bond acceptors (Lipinski definition) is 3. The van der Waals surface area contributed by atoms with Crippen LogP contribution in [0.5, 0.6) is 5.75 Å². The second-order valence-corrected chi connectivity index (χ2v) is 4.80. The van der Waals surface area contributed by atoms with E-state index in [4.69, 9.17) is 10.5 Å². The number of benzene rings is 1. The van der Waals surface area contributed by atoms with E-state index in [1.165, 1.54) is 13.2 Å². The van der Waals surface area contributed by atoms with Crippen LogP contribution < -0.4 is 10.5 Å². The lowest BCUT2D eigenvalue weighted by Gasteiger charge is -2.27. The summed E-state index contributed by atoms with van der Waals surface area (Å²) in [4.78, 5) is 11.2. The molecule has 98 valence electrons. The highest BCUT2D eigenvalue weighted by molar-refractivity contribution is 5.79. The number of nitrogens with two attached hydrogens (primary N) is 1. The predicted octanol–water partition coefficient (Wildman–Crippen LogP) is 2.59. The third-order valence-electron chi connectivity index (χ3n) is 3.66. The van der Waals surface area contributed by atoms with Crippen molar-refractivity contribution in [2.45, 2.75) is 31.7 Å². The van der Waals surface area contributed by atoms with Gasteiger partial charge in [-0.3, -0.25) is 4.79 Å². The van der Waals surface area contributed by atoms with Gasteiger partial charge < -0.3 is 10.5 Å². The fraction of sp³-hybridized carbons (Fsp3) is 0.500. The first kappa shape index (κ1) is 13.0. The Morgan fingerprint density at radius 1 is 1.39 bits per heavy atom. The zero-order valence-electron chi connectivity index (χ0n) is 10.5. The van der Waals surface area contributed by atoms with Crippen LogP contribution in [-0.2, 0) is 4.79 Å². The molecule has 1 aromatic carbocycles. The van der Waals surface area contributed by atoms with Crippen LogP contribution in [0.3, 0.4) is 0 Å². The van der Waals surface area contributed by atoms with E-state index in [-0.39, 0.29) is 17.7 Å². The summed E-state index contributed by atoms with van der Waals surface area (Å²) in [5.74, 6) is 0.400. The summed E-state index contributed by atoms with van der Waals surface area (Å²) < 4.78 is 18.5. The Balaban J connectivity index is 2.11. The molecule has 1 aliphatic carbocycles. The first-order chi connectivity index (χ1) is 8.61. The summed E-state index contributed by atoms with van der Waals surface area (Å²) >= 11 is 0. The summed E-state index contributed by atoms with van der Waals surface area (Å²) in [7, 11) is 1.44. The minimum absolute atomic E-state index is 0.210. The van der Waals surface area contributed by atoms with Crippen molar-refractivity contribution in [2.24, 2.45) is 11.7 Å². The van der Waals surface area contributed by atoms with Crippen LogP contribution in [0.25, 0.3) is 0 Å². The van der Waals surface area contributed by atoms with Gasteiger partial charge in [0.15, 0.2) is 11.6 Å². The Hall–Kier alpha value is -1.42. The van der Waals surface area contributed by atoms with Crippen LogP contribution in [0.2, 0.25) is 0 Å². The van der Waals surface area contributed by atoms with E-state index >= 15 is 0 Å². The largest absolute Gasteiger partial charge is 0.494 e. The molecule has 2 rings (SSSR count). The smallest absolute Gasteiger partial charge is 0.165 e. The first-order valence-electron chi connectivity index (χ1n) is 6.22. The number of carbonyl (C=O) groups excluding carboxylic acids is 1. The molecule has 0 aromatic heterocycles. The number of ether oxygens (including phenoxy) is 1. The molecule has 0 bridgehead atoms. The zero-order chi connectivity index (χ0) is 13.1. The van der Waals surface area contributed by atoms with Crippen LogP contribution >= 0.6 is 0 Å². The monoisotopic (exact) mass is 251 g/mol. The van der Waals surface area contributed by atoms with Gasteiger partial charge in [0.1, 0.15) is 5.78 Å². The molecular weight excluding hydrogens is 233 g/mol. The fourth-order valence-electron chi connectivity index (χ4n) is 2.48. The maximum atomic E-state index is 13.6. The van der Waals surface area contributed by atoms with Crippen molar-refractivity contribution in [1.82, 2.24) is 0 Å². The molecule has 1 unspecified atom stereocenters. The third-order valence-corrected chi connectivity index (χ3v) is 3.66. The van der Waals surface area contributed by atoms with E-state index in [2.05, 4.69) is 0 Å². The van der Waals surface area contributed by atoms with Gasteiger partial charge in [0.25, 0.3) is 0 Å². The summed E-state index contributed by atoms with van der Waals surface area (Å²) in [6.07, 6.45) is 2.79. The summed E-state index contributed by atoms with van der Waals surface area (Å²) in [5.41, 5.74) is 6.93. The summed E-state index contributed by atoms with van der Waals surface area (Å²) in [6.45, 7) is 0. The Morgan fingerprint density at radius 2 is 2.06 bits per heavy atom. The van der Waals surface area contributed by atoms with Gasteiger partial charge in [-0.15, -0.1) is 0 Å². The van der Waals surface area contributed by atoms with Crippen molar-refractivity contribution < 1.29 is 13.9 Å². The second-order valence-electron chi connectivity index (χ2n) is 4.80. The van der Waals surface area contributed by atoms with E-state index in [9.17, 15) is 9.18 Å². The van der Waals surface area contributed by atoms with Crippen molar-refractivity contribution in [3.8, 4) is 5.75 Å². The molecule has 0 saturated heterocycles. The lowest BCUT2D eigenvalue weighted by Crippen LogP contribution is -2.26. The van der Waals surface area contributed by atoms with Crippen molar-refractivity contribution in [2.75, 3.05) is 7.11 Å². The van der Waals surface area contributed by atoms with E-state index in [0.29, 0.717) is 18.6 Å². The quantitative estimate of drug-likeness (QED) is 0.898. The van der Waals surface area contributed by atoms with Gasteiger partial charge in [0, 0.05) is 18.9 Å². The number of hydrogen-bond donors (Lipinski definition) is 1. The van der Waals surface area contributed by atoms with Crippen LogP contribution in [0.15, 0.2) is 18.2 Å². The van der Waals surface area contributed by atoms with Gasteiger partial charge in [-0.25, -0.2) is 4.39 Å². The van der Waals surface area contributed by atoms with Crippen molar-refractivity contribution in [3.63, 3.8) is 0 Å². The molecule has 0 amide bonds. The Labute approximate surface area is 106 Å². The molecule has 0 aliphatic heterocycles. The number of ketones is 1. The van der Waals surface area contributed by atoms with Gasteiger partial charge in [-0.2, -0.15) is 0 Å². The number of halogens is 1. The topological polar surface area (TPSA) is 52.3 Å². The molecule has 0 spiro atoms. The number of carbonyl (C=O) groups is 1. The molecule has 18 heavy (non-hydrogen) atoms. The molecule has 1 fully saturated rings. The minimum Gasteiger partial charge on any atom is -0.494 e. The van der Waals surface area contributed by atoms with Gasteiger partial charge in [-0.1, -0.05) is 6.07 Å². The third kappa shape index (κ3) is 2.70. The Morgan fingerprint density at radius 3 is 2.61 bits per heavy atom. The first-order valence-corrected chi connectivity index (χ1v) is 6.22. The van der Waals surface area contributed by atoms with Crippen LogP contribution in [0.1, 0.15) is 37.3 Å². The predicted molar refractivity (Wildman–Crippen MR) is 66.8 cm³/mol. The molecule has 3 nitrogen and oxygen atoms in total. The Kier molecular flexibility index (Phi) is 3.97. The molecule has 4 heteroatoms. The standard InChI is InChI=1S/C14H18FNO2/c1-18-13-7-4-10(8-12(13)15)14(16)9-2-5-11(17)6-3-9/h4,7-9,14H,2-3,5-6,16H2,1H3. The maximum Gasteiger partial charge on any atom is 0.165 e. The molecule has 1 aliphatic rings. The van der Waals surface area contributed by atoms with Crippen LogP contribution in [0.4, 0.5) is 4.39 Å². The van der Waals surface area contributed by atoms with Crippen molar-refractivity contribution in [1.29, 1.82) is 0 Å². The highest BCUT2D eigenvalue weighted by atomic mass is 19.1. The molecule has 1 saturated carbocycles. The summed E-state index contributed by atoms with van der Waals surface area (Å²) in [5, 5.41) is 0. The van der Waals surface area contributed by atoms with Crippen molar-refractivity contribution in [3.05, 3.63) is 29.6 Å². The highest BCUT2D eigenvalue weighted by Crippen LogP contribution is 2.32. The van der Waals surface area contributed by atoms with Crippen molar-refractivity contribution >= 4 is 5.78 Å². The van der Waals surface area contributed by atoms with Crippen LogP contribution in [0, 0.1) is 11.7 Å². The van der Waals surface area contributed by atoms with E-state index in [1.54, 1.807) is 12.1 Å².